The molecule has 5 rings (SSSR count). The fourth-order valence-electron chi connectivity index (χ4n) is 3.95. The predicted molar refractivity (Wildman–Crippen MR) is 111 cm³/mol. The van der Waals surface area contributed by atoms with Crippen molar-refractivity contribution in [3.05, 3.63) is 59.7 Å². The van der Waals surface area contributed by atoms with E-state index in [0.29, 0.717) is 29.2 Å². The minimum Gasteiger partial charge on any atom is -0.368 e. The lowest BCUT2D eigenvalue weighted by molar-refractivity contribution is -0.136. The highest BCUT2D eigenvalue weighted by Gasteiger charge is 2.39. The number of rotatable bonds is 3. The molecule has 154 valence electrons. The molecule has 3 heterocycles. The minimum atomic E-state index is -0.654. The molecule has 0 bridgehead atoms. The Labute approximate surface area is 177 Å². The van der Waals surface area contributed by atoms with Crippen LogP contribution in [0.15, 0.2) is 48.5 Å². The zero-order valence-corrected chi connectivity index (χ0v) is 16.4. The number of imide groups is 1. The highest BCUT2D eigenvalue weighted by Crippen LogP contribution is 2.31. The number of fused-ring (bicyclic) bond motifs is 1. The van der Waals surface area contributed by atoms with Crippen LogP contribution in [0.5, 0.6) is 0 Å². The second-order valence-corrected chi connectivity index (χ2v) is 7.48. The number of piperidine rings is 1. The Kier molecular flexibility index (Phi) is 4.43. The fourth-order valence-corrected chi connectivity index (χ4v) is 3.95. The largest absolute Gasteiger partial charge is 0.368 e. The Morgan fingerprint density at radius 3 is 2.42 bits per heavy atom. The number of hydrogen-bond donors (Lipinski definition) is 2. The summed E-state index contributed by atoms with van der Waals surface area (Å²) in [6.45, 7) is 0.278. The summed E-state index contributed by atoms with van der Waals surface area (Å²) >= 11 is 0. The Morgan fingerprint density at radius 1 is 0.935 bits per heavy atom. The van der Waals surface area contributed by atoms with Crippen molar-refractivity contribution in [1.29, 1.82) is 0 Å². The molecule has 2 aromatic carbocycles. The molecule has 2 aliphatic heterocycles. The number of nitrogen functional groups attached to an aromatic ring is 1. The van der Waals surface area contributed by atoms with Gasteiger partial charge in [-0.3, -0.25) is 19.7 Å². The first kappa shape index (κ1) is 18.9. The molecule has 1 fully saturated rings. The molecule has 1 saturated heterocycles. The van der Waals surface area contributed by atoms with Gasteiger partial charge in [-0.25, -0.2) is 4.98 Å². The summed E-state index contributed by atoms with van der Waals surface area (Å²) in [5.41, 5.74) is 8.73. The number of hydrogen-bond acceptors (Lipinski definition) is 7. The second-order valence-electron chi connectivity index (χ2n) is 7.48. The third kappa shape index (κ3) is 3.39. The molecule has 2 aliphatic rings. The molecule has 3 aromatic rings. The van der Waals surface area contributed by atoms with Gasteiger partial charge in [0.15, 0.2) is 11.6 Å². The average Bonchev–Trinajstić information content (AvgIpc) is 3.09. The molecule has 9 heteroatoms. The van der Waals surface area contributed by atoms with Crippen LogP contribution in [0.3, 0.4) is 0 Å². The summed E-state index contributed by atoms with van der Waals surface area (Å²) in [6, 6.07) is 14.1. The molecule has 0 saturated carbocycles. The fraction of sp³-hybridized carbons (Fsp3) is 0.182. The molecule has 3 N–H and O–H groups in total. The number of carbonyl (C=O) groups is 3. The second kappa shape index (κ2) is 7.28. The number of carbonyl (C=O) groups excluding carboxylic acids is 3. The number of nitrogens with one attached hydrogen (secondary N) is 1. The Morgan fingerprint density at radius 2 is 1.68 bits per heavy atom. The van der Waals surface area contributed by atoms with Crippen molar-refractivity contribution in [3.63, 3.8) is 0 Å². The van der Waals surface area contributed by atoms with E-state index in [1.165, 1.54) is 4.90 Å². The summed E-state index contributed by atoms with van der Waals surface area (Å²) < 4.78 is 0. The van der Waals surface area contributed by atoms with Crippen LogP contribution in [0.25, 0.3) is 22.8 Å². The number of aromatic nitrogens is 3. The SMILES string of the molecule is Nc1nc(-c2ccccc2)nc(-c2ccc3c(c2)CN(C2CCC(=O)NC2=O)C3=O)n1. The topological polar surface area (TPSA) is 131 Å². The van der Waals surface area contributed by atoms with Gasteiger partial charge in [-0.05, 0) is 24.1 Å². The summed E-state index contributed by atoms with van der Waals surface area (Å²) in [5, 5.41) is 2.31. The normalized spacial score (nSPS) is 18.1. The molecule has 0 spiro atoms. The van der Waals surface area contributed by atoms with E-state index in [1.807, 2.05) is 36.4 Å². The number of anilines is 1. The summed E-state index contributed by atoms with van der Waals surface area (Å²) in [5.74, 6) is -0.00241. The Hall–Kier alpha value is -4.14. The predicted octanol–water partition coefficient (Wildman–Crippen LogP) is 1.55. The zero-order valence-electron chi connectivity index (χ0n) is 16.4. The highest BCUT2D eigenvalue weighted by atomic mass is 16.2. The van der Waals surface area contributed by atoms with Crippen LogP contribution in [-0.2, 0) is 16.1 Å². The van der Waals surface area contributed by atoms with Gasteiger partial charge in [0, 0.05) is 29.7 Å². The van der Waals surface area contributed by atoms with E-state index < -0.39 is 11.9 Å². The average molecular weight is 414 g/mol. The first-order valence-corrected chi connectivity index (χ1v) is 9.84. The Balaban J connectivity index is 1.47. The maximum atomic E-state index is 12.9. The van der Waals surface area contributed by atoms with E-state index in [-0.39, 0.29) is 30.7 Å². The third-order valence-corrected chi connectivity index (χ3v) is 5.47. The van der Waals surface area contributed by atoms with Crippen LogP contribution in [0.1, 0.15) is 28.8 Å². The zero-order chi connectivity index (χ0) is 21.5. The van der Waals surface area contributed by atoms with Crippen molar-refractivity contribution in [1.82, 2.24) is 25.2 Å². The molecule has 3 amide bonds. The molecule has 1 aromatic heterocycles. The summed E-state index contributed by atoms with van der Waals surface area (Å²) in [6.07, 6.45) is 0.538. The Bertz CT molecular complexity index is 1230. The smallest absolute Gasteiger partial charge is 0.255 e. The van der Waals surface area contributed by atoms with Crippen molar-refractivity contribution >= 4 is 23.7 Å². The molecular formula is C22H18N6O3. The molecule has 0 aliphatic carbocycles. The lowest BCUT2D eigenvalue weighted by atomic mass is 10.0. The third-order valence-electron chi connectivity index (χ3n) is 5.47. The maximum absolute atomic E-state index is 12.9. The van der Waals surface area contributed by atoms with Gasteiger partial charge in [0.1, 0.15) is 6.04 Å². The maximum Gasteiger partial charge on any atom is 0.255 e. The van der Waals surface area contributed by atoms with Crippen LogP contribution in [0, 0.1) is 0 Å². The van der Waals surface area contributed by atoms with Crippen molar-refractivity contribution in [2.45, 2.75) is 25.4 Å². The van der Waals surface area contributed by atoms with Gasteiger partial charge in [0.05, 0.1) is 0 Å². The monoisotopic (exact) mass is 414 g/mol. The molecule has 31 heavy (non-hydrogen) atoms. The van der Waals surface area contributed by atoms with Crippen molar-refractivity contribution in [3.8, 4) is 22.8 Å². The van der Waals surface area contributed by atoms with E-state index >= 15 is 0 Å². The first-order chi connectivity index (χ1) is 15.0. The van der Waals surface area contributed by atoms with Crippen LogP contribution in [0.2, 0.25) is 0 Å². The quantitative estimate of drug-likeness (QED) is 0.622. The van der Waals surface area contributed by atoms with E-state index in [1.54, 1.807) is 12.1 Å². The van der Waals surface area contributed by atoms with Crippen LogP contribution < -0.4 is 11.1 Å². The van der Waals surface area contributed by atoms with Crippen LogP contribution in [-0.4, -0.2) is 43.6 Å². The van der Waals surface area contributed by atoms with E-state index in [2.05, 4.69) is 20.3 Å². The molecule has 9 nitrogen and oxygen atoms in total. The van der Waals surface area contributed by atoms with Crippen molar-refractivity contribution < 1.29 is 14.4 Å². The van der Waals surface area contributed by atoms with Gasteiger partial charge in [0.2, 0.25) is 17.8 Å². The molecule has 0 radical (unpaired) electrons. The summed E-state index contributed by atoms with van der Waals surface area (Å²) in [7, 11) is 0. The standard InChI is InChI=1S/C22H18N6O3/c23-22-26-18(12-4-2-1-3-5-12)25-19(27-22)13-6-7-15-14(10-13)11-28(21(15)31)16-8-9-17(29)24-20(16)30/h1-7,10,16H,8-9,11H2,(H,24,29,30)(H2,23,25,26,27). The highest BCUT2D eigenvalue weighted by molar-refractivity contribution is 6.05. The van der Waals surface area contributed by atoms with Crippen LogP contribution in [0.4, 0.5) is 5.95 Å². The van der Waals surface area contributed by atoms with Gasteiger partial charge >= 0.3 is 0 Å². The van der Waals surface area contributed by atoms with Gasteiger partial charge in [-0.1, -0.05) is 36.4 Å². The van der Waals surface area contributed by atoms with Gasteiger partial charge < -0.3 is 10.6 Å². The van der Waals surface area contributed by atoms with Crippen molar-refractivity contribution in [2.75, 3.05) is 5.73 Å². The lowest BCUT2D eigenvalue weighted by Gasteiger charge is -2.29. The minimum absolute atomic E-state index is 0.102. The number of nitrogens with two attached hydrogens (primary N) is 1. The molecule has 1 unspecified atom stereocenters. The summed E-state index contributed by atoms with van der Waals surface area (Å²) in [4.78, 5) is 51.0. The van der Waals surface area contributed by atoms with Gasteiger partial charge in [0.25, 0.3) is 5.91 Å². The molecule has 1 atom stereocenters. The van der Waals surface area contributed by atoms with E-state index in [0.717, 1.165) is 11.1 Å². The first-order valence-electron chi connectivity index (χ1n) is 9.84. The lowest BCUT2D eigenvalue weighted by Crippen LogP contribution is -2.52. The van der Waals surface area contributed by atoms with Crippen LogP contribution >= 0.6 is 0 Å². The van der Waals surface area contributed by atoms with E-state index in [9.17, 15) is 14.4 Å². The van der Waals surface area contributed by atoms with E-state index in [4.69, 9.17) is 5.73 Å². The number of amides is 3. The van der Waals surface area contributed by atoms with Gasteiger partial charge in [-0.2, -0.15) is 9.97 Å². The number of nitrogens with zero attached hydrogens (tertiary/aromatic N) is 4. The number of benzene rings is 2. The van der Waals surface area contributed by atoms with Crippen molar-refractivity contribution in [2.24, 2.45) is 0 Å². The van der Waals surface area contributed by atoms with Gasteiger partial charge in [-0.15, -0.1) is 0 Å². The molecular weight excluding hydrogens is 396 g/mol.